The molecule has 0 atom stereocenters. The van der Waals surface area contributed by atoms with Crippen LogP contribution in [-0.2, 0) is 99.3 Å². The van der Waals surface area contributed by atoms with E-state index in [4.69, 9.17) is 99.3 Å². The van der Waals surface area contributed by atoms with Crippen molar-refractivity contribution in [2.24, 2.45) is 0 Å². The Balaban J connectivity index is -0.000000196. The van der Waals surface area contributed by atoms with Gasteiger partial charge in [0.1, 0.15) is 0 Å². The fourth-order valence-electron chi connectivity index (χ4n) is 1.33. The molecule has 0 amide bonds. The summed E-state index contributed by atoms with van der Waals surface area (Å²) in [7, 11) is 0. The molecule has 0 fully saturated rings. The molecule has 0 aliphatic carbocycles. The van der Waals surface area contributed by atoms with Gasteiger partial charge in [0.2, 0.25) is 0 Å². The second-order valence-electron chi connectivity index (χ2n) is 6.34. The molecular weight excluding hydrogens is 719 g/mol. The normalized spacial score (nSPS) is 11.6. The molecule has 0 saturated heterocycles. The van der Waals surface area contributed by atoms with Crippen molar-refractivity contribution in [2.45, 2.75) is 80.1 Å². The fraction of sp³-hybridized carbons (Fsp3) is 1.00. The summed E-state index contributed by atoms with van der Waals surface area (Å²) in [5, 5.41) is 0. The molecule has 0 spiro atoms. The summed E-state index contributed by atoms with van der Waals surface area (Å²) in [5.74, 6) is 0. The summed E-state index contributed by atoms with van der Waals surface area (Å²) in [6, 6.07) is 0. The van der Waals surface area contributed by atoms with Crippen molar-refractivity contribution >= 4 is 114 Å². The van der Waals surface area contributed by atoms with E-state index < -0.39 is 17.1 Å². The van der Waals surface area contributed by atoms with Gasteiger partial charge in [0.05, 0.1) is 56.7 Å². The van der Waals surface area contributed by atoms with Gasteiger partial charge >= 0.3 is 24.4 Å². The van der Waals surface area contributed by atoms with Crippen LogP contribution in [-0.4, -0.2) is 64.1 Å². The van der Waals surface area contributed by atoms with Gasteiger partial charge in [-0.1, -0.05) is 77.0 Å². The van der Waals surface area contributed by atoms with Gasteiger partial charge in [0.15, 0.2) is 0 Å². The van der Waals surface area contributed by atoms with E-state index in [-0.39, 0.29) is 24.4 Å². The maximum atomic E-state index is 5.20. The summed E-state index contributed by atoms with van der Waals surface area (Å²) in [5.41, 5.74) is -6.93. The molecule has 16 heteroatoms. The van der Waals surface area contributed by atoms with Crippen LogP contribution in [0.5, 0.6) is 0 Å². The average molecular weight is 762 g/mol. The van der Waals surface area contributed by atoms with Crippen LogP contribution in [0.4, 0.5) is 0 Å². The van der Waals surface area contributed by atoms with Gasteiger partial charge in [0, 0.05) is 0 Å². The van der Waals surface area contributed by atoms with Crippen LogP contribution in [0.25, 0.3) is 0 Å². The predicted molar refractivity (Wildman–Crippen MR) is 168 cm³/mol. The zero-order valence-corrected chi connectivity index (χ0v) is 31.3. The summed E-state index contributed by atoms with van der Waals surface area (Å²) in [4.78, 5) is 0. The third kappa shape index (κ3) is 37.7. The van der Waals surface area contributed by atoms with Gasteiger partial charge in [-0.15, -0.1) is 0 Å². The Hall–Kier alpha value is 3.58. The van der Waals surface area contributed by atoms with E-state index in [1.54, 1.807) is 0 Å². The van der Waals surface area contributed by atoms with Gasteiger partial charge < -0.3 is 63.9 Å². The third-order valence-electron chi connectivity index (χ3n) is 2.72. The minimum Gasteiger partial charge on any atom is -0.691 e. The minimum absolute atomic E-state index is 0. The smallest absolute Gasteiger partial charge is 0.691 e. The molecule has 0 aliphatic heterocycles. The van der Waals surface area contributed by atoms with Crippen molar-refractivity contribution in [1.29, 1.82) is 0 Å². The number of hydrogen-bond acceptors (Lipinski definition) is 12. The second kappa shape index (κ2) is 29.6. The summed E-state index contributed by atoms with van der Waals surface area (Å²) < 4.78 is 31.2. The Morgan fingerprint density at radius 2 is 0.529 bits per heavy atom. The van der Waals surface area contributed by atoms with Crippen molar-refractivity contribution in [3.63, 3.8) is 0 Å². The molecule has 0 aromatic carbocycles. The number of hydrogen-bond donors (Lipinski definition) is 0. The molecule has 0 saturated carbocycles. The van der Waals surface area contributed by atoms with Crippen LogP contribution >= 0.6 is 17.1 Å². The molecule has 2 radical (unpaired) electrons. The van der Waals surface area contributed by atoms with Crippen molar-refractivity contribution in [3.8, 4) is 0 Å². The Kier molecular flexibility index (Phi) is 38.8. The van der Waals surface area contributed by atoms with Crippen LogP contribution in [0.2, 0.25) is 0 Å². The number of rotatable bonds is 18. The predicted octanol–water partition coefficient (Wildman–Crippen LogP) is 7.45. The quantitative estimate of drug-likeness (QED) is 0.0793. The fourth-order valence-corrected chi connectivity index (χ4v) is 6.67. The van der Waals surface area contributed by atoms with Crippen LogP contribution < -0.4 is 0 Å². The summed E-state index contributed by atoms with van der Waals surface area (Å²) >= 11 is 29.7. The molecule has 0 aliphatic rings. The molecule has 0 unspecified atom stereocenters. The van der Waals surface area contributed by atoms with Crippen molar-refractivity contribution < 1.29 is 27.1 Å². The average Bonchev–Trinajstić information content (AvgIpc) is 2.77. The van der Waals surface area contributed by atoms with E-state index in [9.17, 15) is 0 Å². The van der Waals surface area contributed by atoms with E-state index in [2.05, 4.69) is 0 Å². The first kappa shape index (κ1) is 44.6. The van der Waals surface area contributed by atoms with Crippen molar-refractivity contribution in [2.75, 3.05) is 39.6 Å². The molecule has 0 rings (SSSR count). The van der Waals surface area contributed by atoms with Crippen molar-refractivity contribution in [3.05, 3.63) is 0 Å². The van der Waals surface area contributed by atoms with Gasteiger partial charge in [-0.3, -0.25) is 0 Å². The second-order valence-corrected chi connectivity index (χ2v) is 21.3. The van der Waals surface area contributed by atoms with Crippen LogP contribution in [0.3, 0.4) is 0 Å². The van der Waals surface area contributed by atoms with Crippen LogP contribution in [0, 0.1) is 0 Å². The first-order valence-electron chi connectivity index (χ1n) is 11.2. The Labute approximate surface area is 258 Å². The first-order valence-corrected chi connectivity index (χ1v) is 22.1. The molecule has 206 valence electrons. The zero-order chi connectivity index (χ0) is 26.2. The maximum absolute atomic E-state index is 5.20. The molecule has 0 N–H and O–H groups in total. The third-order valence-corrected chi connectivity index (χ3v) is 9.51. The van der Waals surface area contributed by atoms with E-state index in [1.807, 2.05) is 41.5 Å². The largest absolute Gasteiger partial charge is 3.00 e. The molecule has 6 nitrogen and oxygen atoms in total. The standard InChI is InChI=1S/3C6H15O2PS2.Sb/c3*1-3-5-7-9(10,11)8-6-4-2;/h3*3-6H2,1-2H3,(H,10,11);/q;;;+3/p-3. The van der Waals surface area contributed by atoms with E-state index in [0.29, 0.717) is 39.6 Å². The van der Waals surface area contributed by atoms with Crippen LogP contribution in [0.1, 0.15) is 80.1 Å². The topological polar surface area (TPSA) is 55.4 Å². The monoisotopic (exact) mass is 760 g/mol. The van der Waals surface area contributed by atoms with Gasteiger partial charge in [0.25, 0.3) is 0 Å². The minimum atomic E-state index is -2.31. The Bertz CT molecular complexity index is 468. The first-order chi connectivity index (χ1) is 15.4. The summed E-state index contributed by atoms with van der Waals surface area (Å²) in [6.07, 6.45) is 5.61. The molecule has 34 heavy (non-hydrogen) atoms. The van der Waals surface area contributed by atoms with Crippen LogP contribution in [0.15, 0.2) is 0 Å². The SMILES string of the molecule is CCCOP(=S)([S-])OCCC.CCCOP(=S)([S-])OCCC.CCCOP(=S)([S-])OCCC.[Sb+3]. The molecule has 0 aromatic heterocycles. The molecular formula is C18H42O6P3S6Sb. The molecule has 0 aromatic rings. The maximum Gasteiger partial charge on any atom is 3.00 e. The van der Waals surface area contributed by atoms with E-state index in [0.717, 1.165) is 38.5 Å². The molecule has 0 heterocycles. The van der Waals surface area contributed by atoms with E-state index in [1.165, 1.54) is 0 Å². The Morgan fingerprint density at radius 1 is 0.412 bits per heavy atom. The van der Waals surface area contributed by atoms with Gasteiger partial charge in [-0.2, -0.15) is 0 Å². The Morgan fingerprint density at radius 3 is 0.618 bits per heavy atom. The molecule has 0 bridgehead atoms. The zero-order valence-electron chi connectivity index (χ0n) is 21.2. The van der Waals surface area contributed by atoms with Gasteiger partial charge in [-0.25, -0.2) is 0 Å². The van der Waals surface area contributed by atoms with Gasteiger partial charge in [-0.05, 0) is 38.5 Å². The summed E-state index contributed by atoms with van der Waals surface area (Å²) in [6.45, 7) is 15.8. The van der Waals surface area contributed by atoms with Crippen molar-refractivity contribution in [1.82, 2.24) is 0 Å². The van der Waals surface area contributed by atoms with E-state index >= 15 is 0 Å².